The number of aromatic nitrogens is 4. The molecular formula is C21H23N5O3S. The first-order chi connectivity index (χ1) is 14.7. The molecule has 0 saturated carbocycles. The molecule has 0 saturated heterocycles. The zero-order valence-corrected chi connectivity index (χ0v) is 17.5. The van der Waals surface area contributed by atoms with Crippen LogP contribution in [0.4, 0.5) is 0 Å². The summed E-state index contributed by atoms with van der Waals surface area (Å²) in [6.07, 6.45) is 5.02. The van der Waals surface area contributed by atoms with Gasteiger partial charge in [-0.1, -0.05) is 30.0 Å². The molecule has 9 heteroatoms. The van der Waals surface area contributed by atoms with E-state index >= 15 is 0 Å². The number of carbonyl (C=O) groups is 2. The zero-order valence-electron chi connectivity index (χ0n) is 16.7. The summed E-state index contributed by atoms with van der Waals surface area (Å²) < 4.78 is 5.00. The predicted octanol–water partition coefficient (Wildman–Crippen LogP) is 3.09. The first-order valence-corrected chi connectivity index (χ1v) is 10.5. The van der Waals surface area contributed by atoms with Gasteiger partial charge >= 0.3 is 5.97 Å². The number of amides is 1. The summed E-state index contributed by atoms with van der Waals surface area (Å²) >= 11 is 1.54. The van der Waals surface area contributed by atoms with Gasteiger partial charge in [0.2, 0.25) is 0 Å². The van der Waals surface area contributed by atoms with E-state index in [1.165, 1.54) is 18.1 Å². The second-order valence-corrected chi connectivity index (χ2v) is 7.38. The minimum absolute atomic E-state index is 0.141. The molecule has 2 aromatic heterocycles. The van der Waals surface area contributed by atoms with Crippen molar-refractivity contribution in [2.45, 2.75) is 30.8 Å². The van der Waals surface area contributed by atoms with Crippen molar-refractivity contribution in [1.82, 2.24) is 25.1 Å². The Hall–Kier alpha value is -3.20. The summed E-state index contributed by atoms with van der Waals surface area (Å²) in [5, 5.41) is 7.37. The van der Waals surface area contributed by atoms with Gasteiger partial charge in [0.05, 0.1) is 13.0 Å². The molecule has 1 amide bonds. The third kappa shape index (κ3) is 6.41. The topological polar surface area (TPSA) is 101 Å². The van der Waals surface area contributed by atoms with Crippen LogP contribution in [-0.2, 0) is 21.8 Å². The zero-order chi connectivity index (χ0) is 21.2. The monoisotopic (exact) mass is 425 g/mol. The van der Waals surface area contributed by atoms with Crippen LogP contribution in [0.5, 0.6) is 0 Å². The van der Waals surface area contributed by atoms with Crippen LogP contribution in [0.25, 0.3) is 0 Å². The molecule has 156 valence electrons. The number of H-pyrrole nitrogens is 1. The van der Waals surface area contributed by atoms with E-state index in [0.29, 0.717) is 24.5 Å². The number of nitrogens with zero attached hydrogens (tertiary/aromatic N) is 4. The Labute approximate surface area is 179 Å². The predicted molar refractivity (Wildman–Crippen MR) is 113 cm³/mol. The smallest absolute Gasteiger partial charge is 0.307 e. The van der Waals surface area contributed by atoms with Crippen LogP contribution in [0.3, 0.4) is 0 Å². The van der Waals surface area contributed by atoms with E-state index in [2.05, 4.69) is 20.2 Å². The molecule has 0 atom stereocenters. The van der Waals surface area contributed by atoms with E-state index in [0.717, 1.165) is 16.3 Å². The van der Waals surface area contributed by atoms with E-state index in [1.54, 1.807) is 36.4 Å². The van der Waals surface area contributed by atoms with E-state index in [4.69, 9.17) is 4.74 Å². The van der Waals surface area contributed by atoms with Crippen LogP contribution in [0.1, 0.15) is 34.8 Å². The molecule has 0 unspecified atom stereocenters. The van der Waals surface area contributed by atoms with Gasteiger partial charge in [-0.3, -0.25) is 19.7 Å². The van der Waals surface area contributed by atoms with Gasteiger partial charge < -0.3 is 9.64 Å². The summed E-state index contributed by atoms with van der Waals surface area (Å²) in [5.74, 6) is 0.255. The van der Waals surface area contributed by atoms with Gasteiger partial charge in [-0.25, -0.2) is 4.98 Å². The molecule has 0 aliphatic carbocycles. The molecule has 3 aromatic rings. The fourth-order valence-corrected chi connectivity index (χ4v) is 3.50. The minimum atomic E-state index is -0.318. The maximum absolute atomic E-state index is 13.1. The lowest BCUT2D eigenvalue weighted by atomic mass is 10.1. The van der Waals surface area contributed by atoms with Crippen molar-refractivity contribution in [3.8, 4) is 0 Å². The number of thioether (sulfide) groups is 1. The summed E-state index contributed by atoms with van der Waals surface area (Å²) in [6, 6.07) is 11.2. The van der Waals surface area contributed by atoms with Crippen molar-refractivity contribution < 1.29 is 14.3 Å². The van der Waals surface area contributed by atoms with Crippen LogP contribution >= 0.6 is 11.8 Å². The molecule has 1 aromatic carbocycles. The molecule has 0 aliphatic rings. The quantitative estimate of drug-likeness (QED) is 0.393. The number of pyridine rings is 1. The Morgan fingerprint density at radius 2 is 2.00 bits per heavy atom. The van der Waals surface area contributed by atoms with Crippen molar-refractivity contribution in [2.24, 2.45) is 0 Å². The Kier molecular flexibility index (Phi) is 7.96. The van der Waals surface area contributed by atoms with Gasteiger partial charge in [-0.15, -0.1) is 0 Å². The van der Waals surface area contributed by atoms with Gasteiger partial charge in [0.1, 0.15) is 6.33 Å². The Bertz CT molecular complexity index is 933. The molecule has 1 N–H and O–H groups in total. The van der Waals surface area contributed by atoms with Crippen molar-refractivity contribution in [3.05, 3.63) is 71.8 Å². The first kappa shape index (κ1) is 21.5. The molecular weight excluding hydrogens is 402 g/mol. The third-order valence-corrected chi connectivity index (χ3v) is 5.19. The minimum Gasteiger partial charge on any atom is -0.466 e. The lowest BCUT2D eigenvalue weighted by Crippen LogP contribution is -2.33. The second-order valence-electron chi connectivity index (χ2n) is 6.42. The number of hydrogen-bond acceptors (Lipinski definition) is 7. The number of rotatable bonds is 10. The number of carbonyl (C=O) groups excluding carboxylic acids is 2. The molecule has 2 heterocycles. The molecule has 8 nitrogen and oxygen atoms in total. The summed E-state index contributed by atoms with van der Waals surface area (Å²) in [7, 11) is 0. The summed E-state index contributed by atoms with van der Waals surface area (Å²) in [6.45, 7) is 2.73. The molecule has 0 radical (unpaired) electrons. The largest absolute Gasteiger partial charge is 0.466 e. The van der Waals surface area contributed by atoms with Crippen LogP contribution in [0.2, 0.25) is 0 Å². The van der Waals surface area contributed by atoms with Gasteiger partial charge in [-0.2, -0.15) is 5.10 Å². The highest BCUT2D eigenvalue weighted by Crippen LogP contribution is 2.19. The highest BCUT2D eigenvalue weighted by atomic mass is 32.2. The Balaban J connectivity index is 1.66. The molecule has 0 aliphatic heterocycles. The molecule has 3 rings (SSSR count). The van der Waals surface area contributed by atoms with Crippen molar-refractivity contribution in [2.75, 3.05) is 13.2 Å². The van der Waals surface area contributed by atoms with Crippen LogP contribution in [0, 0.1) is 0 Å². The van der Waals surface area contributed by atoms with Gasteiger partial charge in [0, 0.05) is 36.8 Å². The average molecular weight is 426 g/mol. The number of aromatic amines is 1. The summed E-state index contributed by atoms with van der Waals surface area (Å²) in [5.41, 5.74) is 2.53. The maximum Gasteiger partial charge on any atom is 0.307 e. The maximum atomic E-state index is 13.1. The number of esters is 1. The van der Waals surface area contributed by atoms with Gasteiger partial charge in [0.25, 0.3) is 5.91 Å². The van der Waals surface area contributed by atoms with Crippen LogP contribution in [-0.4, -0.2) is 50.1 Å². The fraction of sp³-hybridized carbons (Fsp3) is 0.286. The number of hydrogen-bond donors (Lipinski definition) is 1. The number of ether oxygens (including phenoxy) is 1. The van der Waals surface area contributed by atoms with Gasteiger partial charge in [-0.05, 0) is 36.2 Å². The average Bonchev–Trinajstić information content (AvgIpc) is 3.30. The normalized spacial score (nSPS) is 10.6. The molecule has 0 spiro atoms. The standard InChI is InChI=1S/C21H23N5O3S/c1-2-29-19(27)9-11-26(13-17-4-3-10-22-12-17)20(28)18-7-5-16(6-8-18)14-30-21-23-15-24-25-21/h3-8,10,12,15H,2,9,11,13-14H2,1H3,(H,23,24,25). The van der Waals surface area contributed by atoms with E-state index in [-0.39, 0.29) is 24.8 Å². The van der Waals surface area contributed by atoms with Crippen LogP contribution < -0.4 is 0 Å². The first-order valence-electron chi connectivity index (χ1n) is 9.56. The van der Waals surface area contributed by atoms with Crippen molar-refractivity contribution in [3.63, 3.8) is 0 Å². The second kappa shape index (κ2) is 11.1. The lowest BCUT2D eigenvalue weighted by Gasteiger charge is -2.22. The van der Waals surface area contributed by atoms with E-state index < -0.39 is 0 Å². The van der Waals surface area contributed by atoms with Crippen molar-refractivity contribution >= 4 is 23.6 Å². The molecule has 0 bridgehead atoms. The van der Waals surface area contributed by atoms with Gasteiger partial charge in [0.15, 0.2) is 5.16 Å². The fourth-order valence-electron chi connectivity index (χ4n) is 2.77. The highest BCUT2D eigenvalue weighted by Gasteiger charge is 2.18. The van der Waals surface area contributed by atoms with Crippen molar-refractivity contribution in [1.29, 1.82) is 0 Å². The Morgan fingerprint density at radius 3 is 2.67 bits per heavy atom. The van der Waals surface area contributed by atoms with Crippen LogP contribution in [0.15, 0.2) is 60.3 Å². The number of nitrogens with one attached hydrogen (secondary N) is 1. The van der Waals surface area contributed by atoms with E-state index in [9.17, 15) is 9.59 Å². The SMILES string of the molecule is CCOC(=O)CCN(Cc1cccnc1)C(=O)c1ccc(CSc2ncn[nH]2)cc1. The van der Waals surface area contributed by atoms with E-state index in [1.807, 2.05) is 24.3 Å². The third-order valence-electron chi connectivity index (χ3n) is 4.24. The molecule has 30 heavy (non-hydrogen) atoms. The summed E-state index contributed by atoms with van der Waals surface area (Å²) in [4.78, 5) is 34.7. The lowest BCUT2D eigenvalue weighted by molar-refractivity contribution is -0.143. The Morgan fingerprint density at radius 1 is 1.17 bits per heavy atom. The number of benzene rings is 1. The highest BCUT2D eigenvalue weighted by molar-refractivity contribution is 7.98. The molecule has 0 fully saturated rings.